The van der Waals surface area contributed by atoms with Gasteiger partial charge in [-0.1, -0.05) is 11.6 Å². The summed E-state index contributed by atoms with van der Waals surface area (Å²) in [6.07, 6.45) is 1.11. The first-order valence-corrected chi connectivity index (χ1v) is 13.3. The Bertz CT molecular complexity index is 1420. The lowest BCUT2D eigenvalue weighted by atomic mass is 10.2. The number of nitrogens with zero attached hydrogens (tertiary/aromatic N) is 5. The third kappa shape index (κ3) is 7.01. The van der Waals surface area contributed by atoms with Gasteiger partial charge in [0.05, 0.1) is 29.3 Å². The lowest BCUT2D eigenvalue weighted by molar-refractivity contribution is 0.0263. The lowest BCUT2D eigenvalue weighted by Gasteiger charge is -2.25. The number of ether oxygens (including phenoxy) is 3. The molecule has 3 aromatic rings. The lowest BCUT2D eigenvalue weighted by Crippen LogP contribution is -2.37. The van der Waals surface area contributed by atoms with Crippen LogP contribution in [0.3, 0.4) is 0 Å². The Morgan fingerprint density at radius 2 is 1.84 bits per heavy atom. The van der Waals surface area contributed by atoms with Crippen LogP contribution in [0.4, 0.5) is 21.2 Å². The van der Waals surface area contributed by atoms with E-state index in [-0.39, 0.29) is 35.4 Å². The van der Waals surface area contributed by atoms with Crippen molar-refractivity contribution in [2.45, 2.75) is 31.3 Å². The first-order chi connectivity index (χ1) is 17.2. The minimum atomic E-state index is -3.55. The second-order valence-electron chi connectivity index (χ2n) is 9.02. The molecule has 0 atom stereocenters. The molecule has 0 aliphatic carbocycles. The van der Waals surface area contributed by atoms with Crippen LogP contribution in [0.1, 0.15) is 20.8 Å². The maximum atomic E-state index is 13.3. The van der Waals surface area contributed by atoms with Gasteiger partial charge in [-0.05, 0) is 45.0 Å². The molecule has 0 spiro atoms. The van der Waals surface area contributed by atoms with Crippen molar-refractivity contribution in [2.75, 3.05) is 38.5 Å². The number of hydrogen-bond acceptors (Lipinski definition) is 9. The van der Waals surface area contributed by atoms with Gasteiger partial charge in [-0.15, -0.1) is 5.10 Å². The van der Waals surface area contributed by atoms with Crippen molar-refractivity contribution >= 4 is 50.9 Å². The fourth-order valence-electron chi connectivity index (χ4n) is 3.07. The number of amides is 2. The number of aromatic nitrogens is 3. The molecule has 0 saturated heterocycles. The van der Waals surface area contributed by atoms with E-state index in [4.69, 9.17) is 25.8 Å². The molecular weight excluding hydrogens is 526 g/mol. The summed E-state index contributed by atoms with van der Waals surface area (Å²) in [5.74, 6) is 0.000746. The summed E-state index contributed by atoms with van der Waals surface area (Å²) in [7, 11) is -0.699. The summed E-state index contributed by atoms with van der Waals surface area (Å²) in [4.78, 5) is 32.2. The minimum absolute atomic E-state index is 0.00450. The molecule has 2 amide bonds. The normalized spacial score (nSPS) is 11.8. The highest BCUT2D eigenvalue weighted by atomic mass is 35.5. The zero-order chi connectivity index (χ0) is 27.5. The fourth-order valence-corrected chi connectivity index (χ4v) is 3.86. The predicted octanol–water partition coefficient (Wildman–Crippen LogP) is 3.94. The van der Waals surface area contributed by atoms with Crippen LogP contribution in [0.5, 0.6) is 5.75 Å². The van der Waals surface area contributed by atoms with Gasteiger partial charge in [-0.25, -0.2) is 27.4 Å². The smallest absolute Gasteiger partial charge is 0.421 e. The van der Waals surface area contributed by atoms with Crippen LogP contribution >= 0.6 is 11.6 Å². The number of anilines is 2. The molecule has 1 aromatic carbocycles. The predicted molar refractivity (Wildman–Crippen MR) is 136 cm³/mol. The van der Waals surface area contributed by atoms with Crippen LogP contribution < -0.4 is 9.64 Å². The maximum Gasteiger partial charge on any atom is 0.421 e. The third-order valence-electron chi connectivity index (χ3n) is 4.84. The number of likely N-dealkylation sites (N-methyl/N-ethyl adjacent to an activating group) is 1. The number of fused-ring (bicyclic) bond motifs is 1. The molecule has 200 valence electrons. The van der Waals surface area contributed by atoms with Crippen molar-refractivity contribution in [1.29, 1.82) is 0 Å². The van der Waals surface area contributed by atoms with Gasteiger partial charge in [0.2, 0.25) is 0 Å². The van der Waals surface area contributed by atoms with E-state index >= 15 is 0 Å². The second kappa shape index (κ2) is 10.8. The minimum Gasteiger partial charge on any atom is -0.495 e. The molecule has 0 bridgehead atoms. The third-order valence-corrected chi connectivity index (χ3v) is 6.18. The largest absolute Gasteiger partial charge is 0.495 e. The molecule has 12 nitrogen and oxygen atoms in total. The van der Waals surface area contributed by atoms with Crippen LogP contribution in [0.2, 0.25) is 5.02 Å². The number of pyridine rings is 1. The summed E-state index contributed by atoms with van der Waals surface area (Å²) in [6.45, 7) is 5.11. The molecule has 0 radical (unpaired) electrons. The summed E-state index contributed by atoms with van der Waals surface area (Å²) < 4.78 is 41.6. The Morgan fingerprint density at radius 1 is 1.14 bits per heavy atom. The monoisotopic (exact) mass is 553 g/mol. The van der Waals surface area contributed by atoms with Crippen molar-refractivity contribution in [3.05, 3.63) is 41.6 Å². The second-order valence-corrected chi connectivity index (χ2v) is 11.5. The summed E-state index contributed by atoms with van der Waals surface area (Å²) in [6, 6.07) is 7.24. The average Bonchev–Trinajstić information content (AvgIpc) is 3.19. The van der Waals surface area contributed by atoms with Crippen LogP contribution in [0, 0.1) is 0 Å². The Labute approximate surface area is 219 Å². The van der Waals surface area contributed by atoms with E-state index in [2.05, 4.69) is 10.1 Å². The first-order valence-electron chi connectivity index (χ1n) is 11.0. The van der Waals surface area contributed by atoms with E-state index in [0.29, 0.717) is 10.7 Å². The van der Waals surface area contributed by atoms with Gasteiger partial charge in [0.15, 0.2) is 15.5 Å². The summed E-state index contributed by atoms with van der Waals surface area (Å²) >= 11 is 6.05. The number of sulfone groups is 1. The summed E-state index contributed by atoms with van der Waals surface area (Å²) in [5.41, 5.74) is -0.137. The fraction of sp³-hybridized carbons (Fsp3) is 0.391. The number of carbonyl (C=O) groups is 2. The zero-order valence-corrected chi connectivity index (χ0v) is 22.8. The molecule has 2 heterocycles. The molecule has 0 aliphatic heterocycles. The van der Waals surface area contributed by atoms with Crippen LogP contribution in [-0.2, 0) is 19.3 Å². The van der Waals surface area contributed by atoms with Gasteiger partial charge >= 0.3 is 12.2 Å². The molecule has 0 saturated carbocycles. The average molecular weight is 554 g/mol. The molecule has 37 heavy (non-hydrogen) atoms. The van der Waals surface area contributed by atoms with Crippen LogP contribution in [0.25, 0.3) is 5.65 Å². The number of methoxy groups -OCH3 is 1. The van der Waals surface area contributed by atoms with Crippen molar-refractivity contribution < 1.29 is 32.2 Å². The zero-order valence-electron chi connectivity index (χ0n) is 21.3. The molecule has 14 heteroatoms. The van der Waals surface area contributed by atoms with Gasteiger partial charge in [0.1, 0.15) is 18.0 Å². The number of rotatable bonds is 7. The molecular formula is C23H28ClN5O7S. The van der Waals surface area contributed by atoms with Gasteiger partial charge in [-0.3, -0.25) is 0 Å². The first kappa shape index (κ1) is 28.0. The van der Waals surface area contributed by atoms with E-state index in [1.54, 1.807) is 32.9 Å². The van der Waals surface area contributed by atoms with Gasteiger partial charge < -0.3 is 19.1 Å². The van der Waals surface area contributed by atoms with Crippen LogP contribution in [0.15, 0.2) is 41.4 Å². The summed E-state index contributed by atoms with van der Waals surface area (Å²) in [5, 5.41) is 4.72. The van der Waals surface area contributed by atoms with Crippen molar-refractivity contribution in [3.8, 4) is 5.75 Å². The number of benzene rings is 1. The number of halogens is 1. The van der Waals surface area contributed by atoms with Gasteiger partial charge in [0.25, 0.3) is 5.95 Å². The molecule has 3 rings (SSSR count). The maximum absolute atomic E-state index is 13.3. The standard InChI is InChI=1S/C23H28ClN5O7S/c1-23(2,3)36-21(30)27(4)11-12-35-22(31)29(20-25-19-10-7-15(24)14-28(19)26-20)17-9-8-16(37(6,32)33)13-18(17)34-5/h7-10,13-14H,11-12H2,1-6H3. The highest BCUT2D eigenvalue weighted by Crippen LogP contribution is 2.35. The number of hydrogen-bond donors (Lipinski definition) is 0. The molecule has 0 fully saturated rings. The van der Waals surface area contributed by atoms with Crippen molar-refractivity contribution in [2.24, 2.45) is 0 Å². The highest BCUT2D eigenvalue weighted by molar-refractivity contribution is 7.90. The molecule has 0 aliphatic rings. The van der Waals surface area contributed by atoms with E-state index in [9.17, 15) is 18.0 Å². The quantitative estimate of drug-likeness (QED) is 0.426. The molecule has 0 unspecified atom stereocenters. The van der Waals surface area contributed by atoms with Crippen molar-refractivity contribution in [1.82, 2.24) is 19.5 Å². The van der Waals surface area contributed by atoms with E-state index < -0.39 is 27.6 Å². The van der Waals surface area contributed by atoms with E-state index in [1.165, 1.54) is 48.0 Å². The van der Waals surface area contributed by atoms with Crippen LogP contribution in [-0.4, -0.2) is 79.3 Å². The SMILES string of the molecule is COc1cc(S(C)(=O)=O)ccc1N(C(=O)OCCN(C)C(=O)OC(C)(C)C)c1nc2ccc(Cl)cn2n1. The van der Waals surface area contributed by atoms with E-state index in [1.807, 2.05) is 0 Å². The Hall–Kier alpha value is -3.58. The number of carbonyl (C=O) groups excluding carboxylic acids is 2. The Morgan fingerprint density at radius 3 is 2.46 bits per heavy atom. The topological polar surface area (TPSA) is 133 Å². The Kier molecular flexibility index (Phi) is 8.18. The van der Waals surface area contributed by atoms with E-state index in [0.717, 1.165) is 11.2 Å². The highest BCUT2D eigenvalue weighted by Gasteiger charge is 2.28. The Balaban J connectivity index is 1.93. The molecule has 2 aromatic heterocycles. The molecule has 0 N–H and O–H groups in total. The van der Waals surface area contributed by atoms with Gasteiger partial charge in [0, 0.05) is 25.6 Å². The van der Waals surface area contributed by atoms with Crippen molar-refractivity contribution in [3.63, 3.8) is 0 Å². The van der Waals surface area contributed by atoms with Gasteiger partial charge in [-0.2, -0.15) is 4.98 Å².